The zero-order valence-electron chi connectivity index (χ0n) is 11.7. The van der Waals surface area contributed by atoms with Crippen molar-refractivity contribution in [2.75, 3.05) is 26.2 Å². The first-order valence-electron chi connectivity index (χ1n) is 7.14. The molecule has 1 aliphatic heterocycles. The van der Waals surface area contributed by atoms with Gasteiger partial charge in [0.05, 0.1) is 6.10 Å². The van der Waals surface area contributed by atoms with Crippen LogP contribution in [-0.2, 0) is 0 Å². The molecule has 0 radical (unpaired) electrons. The lowest BCUT2D eigenvalue weighted by Crippen LogP contribution is -2.56. The molecule has 0 aromatic carbocycles. The van der Waals surface area contributed by atoms with Crippen LogP contribution in [0, 0.1) is 0 Å². The van der Waals surface area contributed by atoms with Gasteiger partial charge in [0.25, 0.3) is 0 Å². The summed E-state index contributed by atoms with van der Waals surface area (Å²) in [4.78, 5) is 5.23. The smallest absolute Gasteiger partial charge is 0.0541 e. The molecule has 2 fully saturated rings. The highest BCUT2D eigenvalue weighted by Gasteiger charge is 2.30. The average Bonchev–Trinajstić information content (AvgIpc) is 2.29. The summed E-state index contributed by atoms with van der Waals surface area (Å²) < 4.78 is 0. The zero-order chi connectivity index (χ0) is 12.5. The average molecular weight is 240 g/mol. The predicted molar refractivity (Wildman–Crippen MR) is 71.2 cm³/mol. The van der Waals surface area contributed by atoms with Gasteiger partial charge in [-0.25, -0.2) is 0 Å². The quantitative estimate of drug-likeness (QED) is 0.756. The van der Waals surface area contributed by atoms with Gasteiger partial charge in [-0.1, -0.05) is 0 Å². The Balaban J connectivity index is 1.79. The van der Waals surface area contributed by atoms with Crippen molar-refractivity contribution in [1.29, 1.82) is 0 Å². The van der Waals surface area contributed by atoms with Gasteiger partial charge in [-0.15, -0.1) is 0 Å². The zero-order valence-corrected chi connectivity index (χ0v) is 11.7. The maximum Gasteiger partial charge on any atom is 0.0541 e. The molecule has 1 saturated carbocycles. The Morgan fingerprint density at radius 1 is 0.882 bits per heavy atom. The Bertz CT molecular complexity index is 233. The molecular formula is C14H28N2O. The van der Waals surface area contributed by atoms with Crippen molar-refractivity contribution in [3.05, 3.63) is 0 Å². The number of nitrogens with zero attached hydrogens (tertiary/aromatic N) is 2. The first-order chi connectivity index (χ1) is 7.97. The normalized spacial score (nSPS) is 33.9. The summed E-state index contributed by atoms with van der Waals surface area (Å²) in [5.41, 5.74) is 0.314. The van der Waals surface area contributed by atoms with Crippen LogP contribution in [0.3, 0.4) is 0 Å². The number of hydrogen-bond acceptors (Lipinski definition) is 3. The summed E-state index contributed by atoms with van der Waals surface area (Å²) in [6, 6.07) is 0.737. The van der Waals surface area contributed by atoms with Crippen LogP contribution < -0.4 is 0 Å². The Morgan fingerprint density at radius 2 is 1.41 bits per heavy atom. The molecule has 0 bridgehead atoms. The number of aliphatic hydroxyl groups is 1. The van der Waals surface area contributed by atoms with Crippen molar-refractivity contribution < 1.29 is 5.11 Å². The molecule has 2 aliphatic rings. The second-order valence-corrected chi connectivity index (χ2v) is 6.66. The van der Waals surface area contributed by atoms with E-state index in [4.69, 9.17) is 0 Å². The number of rotatable bonds is 1. The van der Waals surface area contributed by atoms with Crippen LogP contribution in [0.25, 0.3) is 0 Å². The summed E-state index contributed by atoms with van der Waals surface area (Å²) in [5, 5.41) is 9.55. The van der Waals surface area contributed by atoms with Crippen molar-refractivity contribution in [3.8, 4) is 0 Å². The second-order valence-electron chi connectivity index (χ2n) is 6.66. The maximum absolute atomic E-state index is 9.55. The third-order valence-corrected chi connectivity index (χ3v) is 4.45. The van der Waals surface area contributed by atoms with Crippen molar-refractivity contribution in [3.63, 3.8) is 0 Å². The van der Waals surface area contributed by atoms with Crippen LogP contribution in [0.4, 0.5) is 0 Å². The highest BCUT2D eigenvalue weighted by molar-refractivity contribution is 4.86. The third kappa shape index (κ3) is 3.43. The molecule has 3 heteroatoms. The SMILES string of the molecule is CC(C)(C)N1CCN([C@H]2CC[C@H](O)CC2)CC1. The Morgan fingerprint density at radius 3 is 1.88 bits per heavy atom. The molecule has 2 rings (SSSR count). The van der Waals surface area contributed by atoms with Gasteiger partial charge >= 0.3 is 0 Å². The third-order valence-electron chi connectivity index (χ3n) is 4.45. The first kappa shape index (κ1) is 13.3. The molecule has 0 atom stereocenters. The van der Waals surface area contributed by atoms with E-state index in [0.717, 1.165) is 18.9 Å². The lowest BCUT2D eigenvalue weighted by atomic mass is 9.91. The highest BCUT2D eigenvalue weighted by atomic mass is 16.3. The van der Waals surface area contributed by atoms with E-state index in [-0.39, 0.29) is 6.10 Å². The lowest BCUT2D eigenvalue weighted by molar-refractivity contribution is 0.0172. The number of aliphatic hydroxyl groups excluding tert-OH is 1. The molecule has 17 heavy (non-hydrogen) atoms. The van der Waals surface area contributed by atoms with E-state index >= 15 is 0 Å². The molecule has 0 unspecified atom stereocenters. The fourth-order valence-corrected chi connectivity index (χ4v) is 3.18. The van der Waals surface area contributed by atoms with Crippen LogP contribution in [0.5, 0.6) is 0 Å². The van der Waals surface area contributed by atoms with Crippen LogP contribution in [0.15, 0.2) is 0 Å². The van der Waals surface area contributed by atoms with Gasteiger partial charge in [-0.3, -0.25) is 9.80 Å². The van der Waals surface area contributed by atoms with Gasteiger partial charge in [-0.05, 0) is 46.5 Å². The minimum Gasteiger partial charge on any atom is -0.393 e. The monoisotopic (exact) mass is 240 g/mol. The standard InChI is InChI=1S/C14H28N2O/c1-14(2,3)16-10-8-15(9-11-16)12-4-6-13(17)7-5-12/h12-13,17H,4-11H2,1-3H3/t12-,13-. The van der Waals surface area contributed by atoms with Gasteiger partial charge in [0.1, 0.15) is 0 Å². The summed E-state index contributed by atoms with van der Waals surface area (Å²) >= 11 is 0. The van der Waals surface area contributed by atoms with Gasteiger partial charge in [0.15, 0.2) is 0 Å². The van der Waals surface area contributed by atoms with Crippen molar-refractivity contribution in [1.82, 2.24) is 9.80 Å². The topological polar surface area (TPSA) is 26.7 Å². The van der Waals surface area contributed by atoms with Gasteiger partial charge in [0, 0.05) is 37.8 Å². The predicted octanol–water partition coefficient (Wildman–Crippen LogP) is 1.71. The Kier molecular flexibility index (Phi) is 4.11. The summed E-state index contributed by atoms with van der Waals surface area (Å²) in [5.74, 6) is 0. The minimum absolute atomic E-state index is 0.0258. The Labute approximate surface area is 106 Å². The molecule has 1 N–H and O–H groups in total. The molecule has 1 aliphatic carbocycles. The van der Waals surface area contributed by atoms with E-state index in [1.807, 2.05) is 0 Å². The largest absolute Gasteiger partial charge is 0.393 e. The lowest BCUT2D eigenvalue weighted by Gasteiger charge is -2.45. The van der Waals surface area contributed by atoms with Crippen LogP contribution in [0.1, 0.15) is 46.5 Å². The molecule has 0 aromatic heterocycles. The van der Waals surface area contributed by atoms with Crippen LogP contribution >= 0.6 is 0 Å². The van der Waals surface area contributed by atoms with E-state index in [1.54, 1.807) is 0 Å². The Hall–Kier alpha value is -0.120. The van der Waals surface area contributed by atoms with E-state index in [0.29, 0.717) is 5.54 Å². The van der Waals surface area contributed by atoms with Gasteiger partial charge in [-0.2, -0.15) is 0 Å². The van der Waals surface area contributed by atoms with Crippen molar-refractivity contribution in [2.24, 2.45) is 0 Å². The van der Waals surface area contributed by atoms with E-state index in [2.05, 4.69) is 30.6 Å². The highest BCUT2D eigenvalue weighted by Crippen LogP contribution is 2.25. The molecule has 3 nitrogen and oxygen atoms in total. The van der Waals surface area contributed by atoms with E-state index < -0.39 is 0 Å². The van der Waals surface area contributed by atoms with Crippen LogP contribution in [-0.4, -0.2) is 58.8 Å². The molecule has 0 aromatic rings. The molecule has 1 saturated heterocycles. The molecule has 0 spiro atoms. The number of piperazine rings is 1. The summed E-state index contributed by atoms with van der Waals surface area (Å²) in [7, 11) is 0. The van der Waals surface area contributed by atoms with Crippen LogP contribution in [0.2, 0.25) is 0 Å². The van der Waals surface area contributed by atoms with Gasteiger partial charge in [0.2, 0.25) is 0 Å². The van der Waals surface area contributed by atoms with Crippen molar-refractivity contribution in [2.45, 2.75) is 64.1 Å². The minimum atomic E-state index is -0.0258. The molecule has 0 amide bonds. The van der Waals surface area contributed by atoms with Crippen molar-refractivity contribution >= 4 is 0 Å². The fraction of sp³-hybridized carbons (Fsp3) is 1.00. The molecular weight excluding hydrogens is 212 g/mol. The summed E-state index contributed by atoms with van der Waals surface area (Å²) in [6.07, 6.45) is 4.36. The van der Waals surface area contributed by atoms with E-state index in [9.17, 15) is 5.11 Å². The van der Waals surface area contributed by atoms with E-state index in [1.165, 1.54) is 39.0 Å². The maximum atomic E-state index is 9.55. The first-order valence-corrected chi connectivity index (χ1v) is 7.14. The second kappa shape index (κ2) is 5.25. The fourth-order valence-electron chi connectivity index (χ4n) is 3.18. The summed E-state index contributed by atoms with van der Waals surface area (Å²) in [6.45, 7) is 11.7. The number of hydrogen-bond donors (Lipinski definition) is 1. The van der Waals surface area contributed by atoms with Gasteiger partial charge < -0.3 is 5.11 Å². The molecule has 100 valence electrons. The molecule has 1 heterocycles.